The number of thiocarbonyl (C=S) groups is 1. The number of hydrogen-bond donors (Lipinski definition) is 2. The van der Waals surface area contributed by atoms with Crippen molar-refractivity contribution in [2.24, 2.45) is 0 Å². The summed E-state index contributed by atoms with van der Waals surface area (Å²) >= 11 is 8.75. The van der Waals surface area contributed by atoms with E-state index in [0.29, 0.717) is 5.11 Å². The maximum absolute atomic E-state index is 5.34. The van der Waals surface area contributed by atoms with Gasteiger partial charge in [-0.15, -0.1) is 0 Å². The van der Waals surface area contributed by atoms with Crippen LogP contribution < -0.4 is 10.6 Å². The van der Waals surface area contributed by atoms with Gasteiger partial charge in [-0.25, -0.2) is 0 Å². The van der Waals surface area contributed by atoms with E-state index in [9.17, 15) is 0 Å². The molecule has 0 aliphatic carbocycles. The molecule has 0 bridgehead atoms. The molecule has 2 nitrogen and oxygen atoms in total. The van der Waals surface area contributed by atoms with Crippen molar-refractivity contribution in [2.75, 3.05) is 5.32 Å². The van der Waals surface area contributed by atoms with Gasteiger partial charge in [-0.2, -0.15) is 0 Å². The minimum absolute atomic E-state index is 0.172. The minimum atomic E-state index is 0.172. The Balaban J connectivity index is 1.93. The van der Waals surface area contributed by atoms with E-state index in [-0.39, 0.29) is 6.04 Å². The maximum atomic E-state index is 5.34. The molecule has 0 aromatic heterocycles. The van der Waals surface area contributed by atoms with Gasteiger partial charge in [0.05, 0.1) is 6.04 Å². The van der Waals surface area contributed by atoms with Crippen molar-refractivity contribution in [3.05, 3.63) is 64.1 Å². The van der Waals surface area contributed by atoms with Crippen molar-refractivity contribution in [1.29, 1.82) is 0 Å². The third-order valence-electron chi connectivity index (χ3n) is 3.03. The number of halogens is 1. The van der Waals surface area contributed by atoms with Gasteiger partial charge in [-0.1, -0.05) is 45.8 Å². The summed E-state index contributed by atoms with van der Waals surface area (Å²) in [4.78, 5) is 0. The molecule has 20 heavy (non-hydrogen) atoms. The molecule has 104 valence electrons. The predicted octanol–water partition coefficient (Wildman–Crippen LogP) is 4.81. The summed E-state index contributed by atoms with van der Waals surface area (Å²) < 4.78 is 1.05. The third kappa shape index (κ3) is 4.32. The molecule has 0 heterocycles. The van der Waals surface area contributed by atoms with Gasteiger partial charge in [0.2, 0.25) is 0 Å². The number of anilines is 1. The average molecular weight is 349 g/mol. The first-order valence-corrected chi connectivity index (χ1v) is 7.64. The van der Waals surface area contributed by atoms with Crippen molar-refractivity contribution in [3.63, 3.8) is 0 Å². The standard InChI is InChI=1S/C16H17BrN2S/c1-11-3-5-13(6-4-11)12(2)18-16(20)19-15-9-7-14(17)8-10-15/h3-10,12H,1-2H3,(H2,18,19,20). The Kier molecular flexibility index (Phi) is 5.15. The Morgan fingerprint density at radius 2 is 1.65 bits per heavy atom. The number of nitrogens with one attached hydrogen (secondary N) is 2. The lowest BCUT2D eigenvalue weighted by Gasteiger charge is -2.17. The van der Waals surface area contributed by atoms with E-state index >= 15 is 0 Å². The van der Waals surface area contributed by atoms with Gasteiger partial charge in [0.15, 0.2) is 5.11 Å². The Bertz CT molecular complexity index is 578. The molecular weight excluding hydrogens is 332 g/mol. The second kappa shape index (κ2) is 6.86. The quantitative estimate of drug-likeness (QED) is 0.778. The topological polar surface area (TPSA) is 24.1 Å². The number of aryl methyl sites for hydroxylation is 1. The van der Waals surface area contributed by atoms with Crippen molar-refractivity contribution < 1.29 is 0 Å². The molecule has 0 saturated heterocycles. The van der Waals surface area contributed by atoms with Crippen LogP contribution >= 0.6 is 28.1 Å². The highest BCUT2D eigenvalue weighted by molar-refractivity contribution is 9.10. The minimum Gasteiger partial charge on any atom is -0.356 e. The summed E-state index contributed by atoms with van der Waals surface area (Å²) in [6.07, 6.45) is 0. The SMILES string of the molecule is Cc1ccc(C(C)NC(=S)Nc2ccc(Br)cc2)cc1. The second-order valence-electron chi connectivity index (χ2n) is 4.74. The van der Waals surface area contributed by atoms with E-state index in [4.69, 9.17) is 12.2 Å². The summed E-state index contributed by atoms with van der Waals surface area (Å²) in [5.74, 6) is 0. The molecule has 0 radical (unpaired) electrons. The highest BCUT2D eigenvalue weighted by Gasteiger charge is 2.06. The Hall–Kier alpha value is -1.39. The first kappa shape index (κ1) is 15.0. The molecule has 0 spiro atoms. The van der Waals surface area contributed by atoms with Gasteiger partial charge in [0, 0.05) is 10.2 Å². The monoisotopic (exact) mass is 348 g/mol. The summed E-state index contributed by atoms with van der Waals surface area (Å²) in [5.41, 5.74) is 3.45. The zero-order valence-corrected chi connectivity index (χ0v) is 13.9. The lowest BCUT2D eigenvalue weighted by atomic mass is 10.1. The summed E-state index contributed by atoms with van der Waals surface area (Å²) in [6.45, 7) is 4.18. The van der Waals surface area contributed by atoms with Crippen LogP contribution in [0.2, 0.25) is 0 Å². The molecule has 2 aromatic rings. The van der Waals surface area contributed by atoms with Crippen molar-refractivity contribution in [3.8, 4) is 0 Å². The van der Waals surface area contributed by atoms with Crippen LogP contribution in [0.15, 0.2) is 53.0 Å². The first-order chi connectivity index (χ1) is 9.54. The lowest BCUT2D eigenvalue weighted by Crippen LogP contribution is -2.30. The van der Waals surface area contributed by atoms with E-state index in [0.717, 1.165) is 10.2 Å². The Labute approximate surface area is 133 Å². The summed E-state index contributed by atoms with van der Waals surface area (Å²) in [5, 5.41) is 7.09. The van der Waals surface area contributed by atoms with E-state index in [1.807, 2.05) is 24.3 Å². The Morgan fingerprint density at radius 3 is 2.25 bits per heavy atom. The fourth-order valence-corrected chi connectivity index (χ4v) is 2.39. The lowest BCUT2D eigenvalue weighted by molar-refractivity contribution is 0.722. The summed E-state index contributed by atoms with van der Waals surface area (Å²) in [7, 11) is 0. The third-order valence-corrected chi connectivity index (χ3v) is 3.78. The molecule has 0 aliphatic rings. The molecule has 4 heteroatoms. The van der Waals surface area contributed by atoms with E-state index in [1.54, 1.807) is 0 Å². The van der Waals surface area contributed by atoms with Gasteiger partial charge in [0.1, 0.15) is 0 Å². The van der Waals surface area contributed by atoms with Gasteiger partial charge in [-0.3, -0.25) is 0 Å². The van der Waals surface area contributed by atoms with Crippen molar-refractivity contribution >= 4 is 38.9 Å². The highest BCUT2D eigenvalue weighted by Crippen LogP contribution is 2.16. The number of rotatable bonds is 3. The maximum Gasteiger partial charge on any atom is 0.171 e. The largest absolute Gasteiger partial charge is 0.356 e. The zero-order valence-electron chi connectivity index (χ0n) is 11.5. The van der Waals surface area contributed by atoms with E-state index < -0.39 is 0 Å². The number of benzene rings is 2. The predicted molar refractivity (Wildman–Crippen MR) is 93.1 cm³/mol. The Morgan fingerprint density at radius 1 is 1.05 bits per heavy atom. The molecule has 0 aliphatic heterocycles. The van der Waals surface area contributed by atoms with Crippen molar-refractivity contribution in [2.45, 2.75) is 19.9 Å². The van der Waals surface area contributed by atoms with E-state index in [1.165, 1.54) is 11.1 Å². The fraction of sp³-hybridized carbons (Fsp3) is 0.188. The molecule has 1 atom stereocenters. The van der Waals surface area contributed by atoms with Gasteiger partial charge < -0.3 is 10.6 Å². The zero-order chi connectivity index (χ0) is 14.5. The van der Waals surface area contributed by atoms with Crippen molar-refractivity contribution in [1.82, 2.24) is 5.32 Å². The number of hydrogen-bond acceptors (Lipinski definition) is 1. The molecule has 1 unspecified atom stereocenters. The van der Waals surface area contributed by atoms with Crippen LogP contribution in [0.25, 0.3) is 0 Å². The first-order valence-electron chi connectivity index (χ1n) is 6.44. The molecule has 2 N–H and O–H groups in total. The highest BCUT2D eigenvalue weighted by atomic mass is 79.9. The van der Waals surface area contributed by atoms with Crippen LogP contribution in [0.4, 0.5) is 5.69 Å². The van der Waals surface area contributed by atoms with Crippen LogP contribution in [-0.4, -0.2) is 5.11 Å². The molecular formula is C16H17BrN2S. The molecule has 0 amide bonds. The molecule has 2 aromatic carbocycles. The van der Waals surface area contributed by atoms with Crippen LogP contribution in [-0.2, 0) is 0 Å². The van der Waals surface area contributed by atoms with Crippen LogP contribution in [0.1, 0.15) is 24.1 Å². The normalized spacial score (nSPS) is 11.8. The summed E-state index contributed by atoms with van der Waals surface area (Å²) in [6, 6.07) is 16.6. The van der Waals surface area contributed by atoms with Crippen LogP contribution in [0.5, 0.6) is 0 Å². The van der Waals surface area contributed by atoms with Gasteiger partial charge in [0.25, 0.3) is 0 Å². The molecule has 2 rings (SSSR count). The molecule has 0 saturated carbocycles. The van der Waals surface area contributed by atoms with Gasteiger partial charge >= 0.3 is 0 Å². The van der Waals surface area contributed by atoms with Gasteiger partial charge in [-0.05, 0) is 55.9 Å². The van der Waals surface area contributed by atoms with Crippen LogP contribution in [0, 0.1) is 6.92 Å². The second-order valence-corrected chi connectivity index (χ2v) is 6.06. The molecule has 0 fully saturated rings. The van der Waals surface area contributed by atoms with Crippen LogP contribution in [0.3, 0.4) is 0 Å². The van der Waals surface area contributed by atoms with E-state index in [2.05, 4.69) is 64.7 Å². The smallest absolute Gasteiger partial charge is 0.171 e. The fourth-order valence-electron chi connectivity index (χ4n) is 1.84. The average Bonchev–Trinajstić information content (AvgIpc) is 2.42.